The fraction of sp³-hybridized carbons (Fsp3) is 0.0588. The Labute approximate surface area is 178 Å². The van der Waals surface area contributed by atoms with Gasteiger partial charge in [-0.25, -0.2) is 18.4 Å². The third-order valence-electron chi connectivity index (χ3n) is 3.71. The molecule has 0 saturated heterocycles. The molecule has 0 saturated carbocycles. The molecule has 1 aromatic heterocycles. The van der Waals surface area contributed by atoms with Gasteiger partial charge in [0.1, 0.15) is 16.4 Å². The standard InChI is InChI=1S/C17H9Cl3F3N3O2S/c18-11-4-1-9(2-5-11)14-15(20)24-8-25-16(14)26-29(27,28)13-6-3-10(7-12(13)19)17(21,22)23/h1-8H,(H,24,25,26). The number of hydrogen-bond acceptors (Lipinski definition) is 4. The summed E-state index contributed by atoms with van der Waals surface area (Å²) in [6.07, 6.45) is -3.63. The molecule has 5 nitrogen and oxygen atoms in total. The molecule has 0 bridgehead atoms. The van der Waals surface area contributed by atoms with Crippen molar-refractivity contribution in [2.45, 2.75) is 11.1 Å². The summed E-state index contributed by atoms with van der Waals surface area (Å²) in [6.45, 7) is 0. The largest absolute Gasteiger partial charge is 0.416 e. The third kappa shape index (κ3) is 4.75. The number of benzene rings is 2. The van der Waals surface area contributed by atoms with Crippen molar-refractivity contribution in [2.75, 3.05) is 4.72 Å². The molecule has 0 unspecified atom stereocenters. The van der Waals surface area contributed by atoms with Crippen molar-refractivity contribution in [2.24, 2.45) is 0 Å². The molecule has 12 heteroatoms. The molecule has 0 amide bonds. The van der Waals surface area contributed by atoms with E-state index in [0.717, 1.165) is 12.4 Å². The SMILES string of the molecule is O=S(=O)(Nc1ncnc(Cl)c1-c1ccc(Cl)cc1)c1ccc(C(F)(F)F)cc1Cl. The summed E-state index contributed by atoms with van der Waals surface area (Å²) in [5, 5.41) is -0.195. The van der Waals surface area contributed by atoms with Crippen LogP contribution in [0.5, 0.6) is 0 Å². The van der Waals surface area contributed by atoms with Crippen LogP contribution < -0.4 is 4.72 Å². The fourth-order valence-electron chi connectivity index (χ4n) is 2.39. The summed E-state index contributed by atoms with van der Waals surface area (Å²) in [4.78, 5) is 7.17. The topological polar surface area (TPSA) is 72.0 Å². The van der Waals surface area contributed by atoms with E-state index < -0.39 is 31.7 Å². The minimum absolute atomic E-state index is 0.0430. The van der Waals surface area contributed by atoms with Crippen LogP contribution in [0.3, 0.4) is 0 Å². The van der Waals surface area contributed by atoms with Crippen LogP contribution in [-0.4, -0.2) is 18.4 Å². The van der Waals surface area contributed by atoms with Crippen molar-refractivity contribution in [3.05, 3.63) is 69.6 Å². The van der Waals surface area contributed by atoms with E-state index in [4.69, 9.17) is 34.8 Å². The second-order valence-electron chi connectivity index (χ2n) is 5.64. The van der Waals surface area contributed by atoms with Gasteiger partial charge in [0.2, 0.25) is 0 Å². The fourth-order valence-corrected chi connectivity index (χ4v) is 4.33. The summed E-state index contributed by atoms with van der Waals surface area (Å²) < 4.78 is 66.0. The first-order chi connectivity index (χ1) is 13.5. The van der Waals surface area contributed by atoms with Crippen molar-refractivity contribution in [1.29, 1.82) is 0 Å². The molecule has 0 aliphatic heterocycles. The molecule has 0 aliphatic carbocycles. The highest BCUT2D eigenvalue weighted by molar-refractivity contribution is 7.92. The first kappa shape index (κ1) is 21.6. The lowest BCUT2D eigenvalue weighted by atomic mass is 10.1. The van der Waals surface area contributed by atoms with Gasteiger partial charge >= 0.3 is 6.18 Å². The highest BCUT2D eigenvalue weighted by atomic mass is 35.5. The molecule has 3 rings (SSSR count). The quantitative estimate of drug-likeness (QED) is 0.468. The van der Waals surface area contributed by atoms with Crippen LogP contribution in [0.4, 0.5) is 19.0 Å². The van der Waals surface area contributed by atoms with Crippen LogP contribution >= 0.6 is 34.8 Å². The molecule has 0 aliphatic rings. The van der Waals surface area contributed by atoms with Crippen LogP contribution in [0.2, 0.25) is 15.2 Å². The zero-order chi connectivity index (χ0) is 21.4. The monoisotopic (exact) mass is 481 g/mol. The van der Waals surface area contributed by atoms with E-state index in [1.807, 2.05) is 0 Å². The molecular formula is C17H9Cl3F3N3O2S. The van der Waals surface area contributed by atoms with Crippen LogP contribution in [0.1, 0.15) is 5.56 Å². The summed E-state index contributed by atoms with van der Waals surface area (Å²) in [7, 11) is -4.39. The van der Waals surface area contributed by atoms with Crippen molar-refractivity contribution in [3.63, 3.8) is 0 Å². The Morgan fingerprint density at radius 1 is 0.931 bits per heavy atom. The van der Waals surface area contributed by atoms with Crippen molar-refractivity contribution >= 4 is 50.6 Å². The maximum atomic E-state index is 12.8. The first-order valence-corrected chi connectivity index (χ1v) is 10.3. The number of nitrogens with one attached hydrogen (secondary N) is 1. The number of alkyl halides is 3. The van der Waals surface area contributed by atoms with E-state index in [1.165, 1.54) is 0 Å². The third-order valence-corrected chi connectivity index (χ3v) is 6.07. The average molecular weight is 483 g/mol. The van der Waals surface area contributed by atoms with Gasteiger partial charge in [-0.3, -0.25) is 4.72 Å². The second kappa shape index (κ2) is 7.98. The molecule has 152 valence electrons. The normalized spacial score (nSPS) is 12.1. The minimum Gasteiger partial charge on any atom is -0.263 e. The van der Waals surface area contributed by atoms with E-state index in [-0.39, 0.29) is 16.5 Å². The maximum absolute atomic E-state index is 12.8. The molecule has 3 aromatic rings. The predicted molar refractivity (Wildman–Crippen MR) is 105 cm³/mol. The smallest absolute Gasteiger partial charge is 0.263 e. The molecule has 2 aromatic carbocycles. The molecule has 0 spiro atoms. The van der Waals surface area contributed by atoms with Gasteiger partial charge in [-0.1, -0.05) is 46.9 Å². The van der Waals surface area contributed by atoms with E-state index >= 15 is 0 Å². The number of anilines is 1. The first-order valence-electron chi connectivity index (χ1n) is 7.65. The van der Waals surface area contributed by atoms with Crippen LogP contribution in [0.15, 0.2) is 53.7 Å². The van der Waals surface area contributed by atoms with Gasteiger partial charge < -0.3 is 0 Å². The Hall–Kier alpha value is -2.07. The Bertz CT molecular complexity index is 1170. The average Bonchev–Trinajstić information content (AvgIpc) is 2.61. The van der Waals surface area contributed by atoms with Crippen LogP contribution in [-0.2, 0) is 16.2 Å². The van der Waals surface area contributed by atoms with Gasteiger partial charge in [-0.05, 0) is 35.9 Å². The number of rotatable bonds is 4. The molecule has 0 fully saturated rings. The summed E-state index contributed by atoms with van der Waals surface area (Å²) in [5.74, 6) is -0.178. The number of halogens is 6. The highest BCUT2D eigenvalue weighted by Gasteiger charge is 2.32. The lowest BCUT2D eigenvalue weighted by Crippen LogP contribution is -2.16. The van der Waals surface area contributed by atoms with Gasteiger partial charge in [0.15, 0.2) is 5.82 Å². The Kier molecular flexibility index (Phi) is 5.96. The van der Waals surface area contributed by atoms with Gasteiger partial charge in [-0.15, -0.1) is 0 Å². The predicted octanol–water partition coefficient (Wildman–Crippen LogP) is 5.92. The molecule has 1 N–H and O–H groups in total. The molecule has 1 heterocycles. The van der Waals surface area contributed by atoms with E-state index in [1.54, 1.807) is 24.3 Å². The summed E-state index contributed by atoms with van der Waals surface area (Å²) in [5.41, 5.74) is -0.443. The van der Waals surface area contributed by atoms with Crippen LogP contribution in [0, 0.1) is 0 Å². The van der Waals surface area contributed by atoms with Crippen molar-refractivity contribution in [3.8, 4) is 11.1 Å². The minimum atomic E-state index is -4.67. The Morgan fingerprint density at radius 3 is 2.17 bits per heavy atom. The second-order valence-corrected chi connectivity index (χ2v) is 8.50. The number of hydrogen-bond donors (Lipinski definition) is 1. The van der Waals surface area contributed by atoms with E-state index in [0.29, 0.717) is 22.7 Å². The van der Waals surface area contributed by atoms with Gasteiger partial charge in [0.25, 0.3) is 10.0 Å². The van der Waals surface area contributed by atoms with E-state index in [9.17, 15) is 21.6 Å². The molecule has 0 radical (unpaired) electrons. The molecule has 0 atom stereocenters. The van der Waals surface area contributed by atoms with Crippen molar-refractivity contribution in [1.82, 2.24) is 9.97 Å². The zero-order valence-corrected chi connectivity index (χ0v) is 17.1. The number of aromatic nitrogens is 2. The number of nitrogens with zero attached hydrogens (tertiary/aromatic N) is 2. The summed E-state index contributed by atoms with van der Waals surface area (Å²) >= 11 is 17.8. The lowest BCUT2D eigenvalue weighted by Gasteiger charge is -2.14. The Morgan fingerprint density at radius 2 is 1.59 bits per heavy atom. The zero-order valence-electron chi connectivity index (χ0n) is 14.0. The number of sulfonamides is 1. The van der Waals surface area contributed by atoms with Crippen molar-refractivity contribution < 1.29 is 21.6 Å². The maximum Gasteiger partial charge on any atom is 0.416 e. The molecule has 29 heavy (non-hydrogen) atoms. The van der Waals surface area contributed by atoms with Gasteiger partial charge in [-0.2, -0.15) is 13.2 Å². The Balaban J connectivity index is 2.04. The van der Waals surface area contributed by atoms with Gasteiger partial charge in [0, 0.05) is 5.02 Å². The summed E-state index contributed by atoms with van der Waals surface area (Å²) in [6, 6.07) is 8.19. The van der Waals surface area contributed by atoms with Crippen LogP contribution in [0.25, 0.3) is 11.1 Å². The highest BCUT2D eigenvalue weighted by Crippen LogP contribution is 2.36. The lowest BCUT2D eigenvalue weighted by molar-refractivity contribution is -0.137. The van der Waals surface area contributed by atoms with E-state index in [2.05, 4.69) is 14.7 Å². The van der Waals surface area contributed by atoms with Gasteiger partial charge in [0.05, 0.1) is 16.1 Å². The molecular weight excluding hydrogens is 474 g/mol.